The van der Waals surface area contributed by atoms with Crippen molar-refractivity contribution in [2.45, 2.75) is 26.3 Å². The fraction of sp³-hybridized carbons (Fsp3) is 0.300. The van der Waals surface area contributed by atoms with Crippen molar-refractivity contribution in [3.8, 4) is 6.07 Å². The van der Waals surface area contributed by atoms with E-state index in [0.29, 0.717) is 18.0 Å². The van der Waals surface area contributed by atoms with E-state index in [9.17, 15) is 0 Å². The van der Waals surface area contributed by atoms with E-state index in [4.69, 9.17) is 5.26 Å². The van der Waals surface area contributed by atoms with Crippen LogP contribution in [0, 0.1) is 18.3 Å². The zero-order valence-corrected chi connectivity index (χ0v) is 14.5. The maximum atomic E-state index is 8.95. The molecular weight excluding hydrogens is 296 g/mol. The van der Waals surface area contributed by atoms with Crippen LogP contribution < -0.4 is 10.6 Å². The van der Waals surface area contributed by atoms with Gasteiger partial charge in [-0.1, -0.05) is 48.9 Å². The summed E-state index contributed by atoms with van der Waals surface area (Å²) < 4.78 is 0. The number of hydrogen-bond donors (Lipinski definition) is 2. The monoisotopic (exact) mass is 320 g/mol. The highest BCUT2D eigenvalue weighted by molar-refractivity contribution is 5.79. The van der Waals surface area contributed by atoms with Crippen molar-refractivity contribution in [2.24, 2.45) is 4.99 Å². The van der Waals surface area contributed by atoms with E-state index in [-0.39, 0.29) is 0 Å². The quantitative estimate of drug-likeness (QED) is 0.656. The summed E-state index contributed by atoms with van der Waals surface area (Å²) in [5, 5.41) is 15.6. The maximum absolute atomic E-state index is 8.95. The second-order valence-electron chi connectivity index (χ2n) is 5.93. The Morgan fingerprint density at radius 2 is 1.96 bits per heavy atom. The average Bonchev–Trinajstić information content (AvgIpc) is 2.61. The van der Waals surface area contributed by atoms with Gasteiger partial charge < -0.3 is 10.6 Å². The summed E-state index contributed by atoms with van der Waals surface area (Å²) in [7, 11) is 1.76. The smallest absolute Gasteiger partial charge is 0.191 e. The van der Waals surface area contributed by atoms with E-state index >= 15 is 0 Å². The first-order chi connectivity index (χ1) is 11.6. The predicted molar refractivity (Wildman–Crippen MR) is 99.0 cm³/mol. The van der Waals surface area contributed by atoms with Crippen molar-refractivity contribution in [3.05, 3.63) is 70.8 Å². The molecule has 0 bridgehead atoms. The summed E-state index contributed by atoms with van der Waals surface area (Å²) in [4.78, 5) is 4.26. The van der Waals surface area contributed by atoms with Crippen LogP contribution in [0.2, 0.25) is 0 Å². The van der Waals surface area contributed by atoms with Gasteiger partial charge in [-0.25, -0.2) is 0 Å². The SMILES string of the molecule is CN=C(NCc1cccc(C#N)c1)NCC(C)c1cccc(C)c1. The highest BCUT2D eigenvalue weighted by Gasteiger charge is 2.07. The van der Waals surface area contributed by atoms with Crippen LogP contribution in [0.5, 0.6) is 0 Å². The molecule has 2 aromatic carbocycles. The normalized spacial score (nSPS) is 12.3. The van der Waals surface area contributed by atoms with Crippen LogP contribution >= 0.6 is 0 Å². The molecule has 0 radical (unpaired) electrons. The van der Waals surface area contributed by atoms with Gasteiger partial charge in [0.1, 0.15) is 0 Å². The molecule has 2 N–H and O–H groups in total. The lowest BCUT2D eigenvalue weighted by atomic mass is 9.99. The van der Waals surface area contributed by atoms with Gasteiger partial charge in [-0.3, -0.25) is 4.99 Å². The number of rotatable bonds is 5. The van der Waals surface area contributed by atoms with Crippen LogP contribution in [0.15, 0.2) is 53.5 Å². The topological polar surface area (TPSA) is 60.2 Å². The van der Waals surface area contributed by atoms with E-state index < -0.39 is 0 Å². The number of hydrogen-bond acceptors (Lipinski definition) is 2. The van der Waals surface area contributed by atoms with Gasteiger partial charge >= 0.3 is 0 Å². The van der Waals surface area contributed by atoms with Crippen LogP contribution in [0.1, 0.15) is 35.1 Å². The van der Waals surface area contributed by atoms with Gasteiger partial charge in [0.25, 0.3) is 0 Å². The van der Waals surface area contributed by atoms with Crippen LogP contribution in [0.3, 0.4) is 0 Å². The minimum absolute atomic E-state index is 0.394. The number of aliphatic imine (C=N–C) groups is 1. The van der Waals surface area contributed by atoms with Crippen LogP contribution in [0.25, 0.3) is 0 Å². The zero-order chi connectivity index (χ0) is 17.4. The fourth-order valence-electron chi connectivity index (χ4n) is 2.50. The molecule has 0 aliphatic heterocycles. The Morgan fingerprint density at radius 3 is 2.67 bits per heavy atom. The van der Waals surface area contributed by atoms with Gasteiger partial charge in [-0.15, -0.1) is 0 Å². The predicted octanol–water partition coefficient (Wildman–Crippen LogP) is 3.34. The Balaban J connectivity index is 1.87. The molecule has 0 amide bonds. The number of aryl methyl sites for hydroxylation is 1. The van der Waals surface area contributed by atoms with Crippen molar-refractivity contribution >= 4 is 5.96 Å². The lowest BCUT2D eigenvalue weighted by Gasteiger charge is -2.17. The largest absolute Gasteiger partial charge is 0.356 e. The number of nitrogens with one attached hydrogen (secondary N) is 2. The van der Waals surface area contributed by atoms with Crippen molar-refractivity contribution in [3.63, 3.8) is 0 Å². The number of nitrogens with zero attached hydrogens (tertiary/aromatic N) is 2. The molecule has 0 saturated heterocycles. The third-order valence-corrected chi connectivity index (χ3v) is 3.93. The van der Waals surface area contributed by atoms with E-state index in [0.717, 1.165) is 18.1 Å². The number of nitriles is 1. The Labute approximate surface area is 144 Å². The molecule has 0 saturated carbocycles. The van der Waals surface area contributed by atoms with Crippen LogP contribution in [-0.4, -0.2) is 19.6 Å². The molecule has 0 heterocycles. The fourth-order valence-corrected chi connectivity index (χ4v) is 2.50. The van der Waals surface area contributed by atoms with E-state index in [2.05, 4.69) is 59.8 Å². The standard InChI is InChI=1S/C20H24N4/c1-15-6-4-9-19(10-15)16(2)13-23-20(22-3)24-14-18-8-5-7-17(11-18)12-21/h4-11,16H,13-14H2,1-3H3,(H2,22,23,24). The first kappa shape index (κ1) is 17.6. The third-order valence-electron chi connectivity index (χ3n) is 3.93. The molecule has 4 heteroatoms. The molecule has 0 spiro atoms. The zero-order valence-electron chi connectivity index (χ0n) is 14.5. The molecule has 0 aromatic heterocycles. The molecule has 1 unspecified atom stereocenters. The van der Waals surface area contributed by atoms with E-state index in [1.807, 2.05) is 18.2 Å². The number of guanidine groups is 1. The van der Waals surface area contributed by atoms with Gasteiger partial charge in [0, 0.05) is 20.1 Å². The van der Waals surface area contributed by atoms with Crippen molar-refractivity contribution in [2.75, 3.05) is 13.6 Å². The molecule has 24 heavy (non-hydrogen) atoms. The summed E-state index contributed by atoms with van der Waals surface area (Å²) in [6.07, 6.45) is 0. The molecule has 4 nitrogen and oxygen atoms in total. The third kappa shape index (κ3) is 5.13. The second-order valence-corrected chi connectivity index (χ2v) is 5.93. The van der Waals surface area contributed by atoms with Crippen LogP contribution in [-0.2, 0) is 6.54 Å². The lowest BCUT2D eigenvalue weighted by molar-refractivity contribution is 0.698. The van der Waals surface area contributed by atoms with Crippen molar-refractivity contribution in [1.29, 1.82) is 5.26 Å². The Morgan fingerprint density at radius 1 is 1.17 bits per heavy atom. The minimum Gasteiger partial charge on any atom is -0.356 e. The lowest BCUT2D eigenvalue weighted by Crippen LogP contribution is -2.38. The van der Waals surface area contributed by atoms with Crippen molar-refractivity contribution < 1.29 is 0 Å². The Hall–Kier alpha value is -2.80. The first-order valence-corrected chi connectivity index (χ1v) is 8.12. The second kappa shape index (κ2) is 8.73. The average molecular weight is 320 g/mol. The molecule has 0 aliphatic rings. The molecular formula is C20H24N4. The molecule has 1 atom stereocenters. The highest BCUT2D eigenvalue weighted by atomic mass is 15.2. The van der Waals surface area contributed by atoms with Crippen molar-refractivity contribution in [1.82, 2.24) is 10.6 Å². The minimum atomic E-state index is 0.394. The molecule has 0 aliphatic carbocycles. The molecule has 0 fully saturated rings. The van der Waals surface area contributed by atoms with Gasteiger partial charge in [-0.2, -0.15) is 5.26 Å². The summed E-state index contributed by atoms with van der Waals surface area (Å²) >= 11 is 0. The highest BCUT2D eigenvalue weighted by Crippen LogP contribution is 2.15. The Bertz CT molecular complexity index is 743. The van der Waals surface area contributed by atoms with Gasteiger partial charge in [-0.05, 0) is 36.1 Å². The van der Waals surface area contributed by atoms with Crippen LogP contribution in [0.4, 0.5) is 0 Å². The van der Waals surface area contributed by atoms with E-state index in [1.165, 1.54) is 11.1 Å². The van der Waals surface area contributed by atoms with Gasteiger partial charge in [0.05, 0.1) is 11.6 Å². The summed E-state index contributed by atoms with van der Waals surface area (Å²) in [5.74, 6) is 1.15. The summed E-state index contributed by atoms with van der Waals surface area (Å²) in [5.41, 5.74) is 4.33. The van der Waals surface area contributed by atoms with Gasteiger partial charge in [0.15, 0.2) is 5.96 Å². The molecule has 2 rings (SSSR count). The summed E-state index contributed by atoms with van der Waals surface area (Å²) in [6, 6.07) is 18.3. The maximum Gasteiger partial charge on any atom is 0.191 e. The first-order valence-electron chi connectivity index (χ1n) is 8.12. The van der Waals surface area contributed by atoms with E-state index in [1.54, 1.807) is 13.1 Å². The number of benzene rings is 2. The Kier molecular flexibility index (Phi) is 6.39. The molecule has 2 aromatic rings. The summed E-state index contributed by atoms with van der Waals surface area (Å²) in [6.45, 7) is 5.75. The molecule has 124 valence electrons. The van der Waals surface area contributed by atoms with Gasteiger partial charge in [0.2, 0.25) is 0 Å².